The van der Waals surface area contributed by atoms with Gasteiger partial charge in [-0.1, -0.05) is 28.1 Å². The molecule has 8 nitrogen and oxygen atoms in total. The number of benzene rings is 2. The average Bonchev–Trinajstić information content (AvgIpc) is 3.06. The van der Waals surface area contributed by atoms with E-state index in [2.05, 4.69) is 15.9 Å². The molecule has 0 aromatic heterocycles. The number of aliphatic hydroxyl groups is 1. The van der Waals surface area contributed by atoms with Crippen LogP contribution in [0.4, 0.5) is 0 Å². The Morgan fingerprint density at radius 1 is 1.03 bits per heavy atom. The van der Waals surface area contributed by atoms with E-state index >= 15 is 0 Å². The van der Waals surface area contributed by atoms with Gasteiger partial charge in [0.15, 0.2) is 11.5 Å². The van der Waals surface area contributed by atoms with Crippen molar-refractivity contribution in [3.8, 4) is 17.2 Å². The van der Waals surface area contributed by atoms with Gasteiger partial charge < -0.3 is 29.1 Å². The first kappa shape index (κ1) is 24.6. The molecule has 0 radical (unpaired) electrons. The van der Waals surface area contributed by atoms with Crippen LogP contribution in [0.25, 0.3) is 5.76 Å². The van der Waals surface area contributed by atoms with E-state index in [-0.39, 0.29) is 17.9 Å². The quantitative estimate of drug-likeness (QED) is 0.325. The number of aliphatic hydroxyl groups excluding tert-OH is 1. The number of amides is 1. The third-order valence-corrected chi connectivity index (χ3v) is 5.98. The van der Waals surface area contributed by atoms with Crippen molar-refractivity contribution in [1.82, 2.24) is 9.80 Å². The van der Waals surface area contributed by atoms with Gasteiger partial charge in [0, 0.05) is 23.1 Å². The van der Waals surface area contributed by atoms with E-state index in [0.717, 1.165) is 4.47 Å². The van der Waals surface area contributed by atoms with Gasteiger partial charge in [0.1, 0.15) is 5.76 Å². The second-order valence-corrected chi connectivity index (χ2v) is 8.68. The summed E-state index contributed by atoms with van der Waals surface area (Å²) in [6, 6.07) is 9.42. The number of likely N-dealkylation sites (N-methyl/N-ethyl adjacent to an activating group) is 1. The molecule has 2 aromatic rings. The molecule has 2 aromatic carbocycles. The minimum absolute atomic E-state index is 0.00958. The summed E-state index contributed by atoms with van der Waals surface area (Å²) in [6.45, 7) is 0.822. The lowest BCUT2D eigenvalue weighted by molar-refractivity contribution is -0.140. The van der Waals surface area contributed by atoms with E-state index in [4.69, 9.17) is 14.2 Å². The van der Waals surface area contributed by atoms with Crippen molar-refractivity contribution in [1.29, 1.82) is 0 Å². The number of hydrogen-bond acceptors (Lipinski definition) is 7. The highest BCUT2D eigenvalue weighted by molar-refractivity contribution is 9.10. The molecule has 1 saturated heterocycles. The van der Waals surface area contributed by atoms with Crippen LogP contribution in [0, 0.1) is 0 Å². The number of halogens is 1. The predicted octanol–water partition coefficient (Wildman–Crippen LogP) is 3.46. The van der Waals surface area contributed by atoms with Crippen LogP contribution < -0.4 is 14.2 Å². The molecule has 176 valence electrons. The van der Waals surface area contributed by atoms with Gasteiger partial charge >= 0.3 is 0 Å². The number of ether oxygens (including phenoxy) is 3. The molecule has 33 heavy (non-hydrogen) atoms. The Morgan fingerprint density at radius 3 is 2.09 bits per heavy atom. The zero-order valence-electron chi connectivity index (χ0n) is 19.2. The number of carbonyl (C=O) groups excluding carboxylic acids is 2. The minimum atomic E-state index is -0.831. The van der Waals surface area contributed by atoms with Crippen LogP contribution in [0.3, 0.4) is 0 Å². The van der Waals surface area contributed by atoms with Gasteiger partial charge in [-0.3, -0.25) is 9.59 Å². The number of hydrogen-bond donors (Lipinski definition) is 1. The van der Waals surface area contributed by atoms with Crippen molar-refractivity contribution < 1.29 is 28.9 Å². The first-order valence-electron chi connectivity index (χ1n) is 10.2. The number of Topliss-reactive ketones (excluding diaryl/α,β-unsaturated/α-hetero) is 1. The molecule has 1 amide bonds. The highest BCUT2D eigenvalue weighted by atomic mass is 79.9. The summed E-state index contributed by atoms with van der Waals surface area (Å²) in [5.74, 6) is -0.501. The van der Waals surface area contributed by atoms with Crippen LogP contribution in [0.15, 0.2) is 46.4 Å². The fourth-order valence-electron chi connectivity index (χ4n) is 3.79. The number of carbonyl (C=O) groups is 2. The van der Waals surface area contributed by atoms with E-state index in [9.17, 15) is 14.7 Å². The number of rotatable bonds is 8. The fraction of sp³-hybridized carbons (Fsp3) is 0.333. The average molecular weight is 519 g/mol. The van der Waals surface area contributed by atoms with Gasteiger partial charge in [-0.05, 0) is 43.9 Å². The molecule has 0 aliphatic carbocycles. The summed E-state index contributed by atoms with van der Waals surface area (Å²) in [6.07, 6.45) is 0. The third-order valence-electron chi connectivity index (χ3n) is 5.45. The Hall–Kier alpha value is -3.04. The Labute approximate surface area is 201 Å². The number of likely N-dealkylation sites (tertiary alicyclic amines) is 1. The van der Waals surface area contributed by atoms with Crippen molar-refractivity contribution in [2.45, 2.75) is 6.04 Å². The zero-order valence-corrected chi connectivity index (χ0v) is 20.8. The molecule has 1 aliphatic rings. The second kappa shape index (κ2) is 10.3. The molecule has 1 fully saturated rings. The maximum atomic E-state index is 13.1. The minimum Gasteiger partial charge on any atom is -0.507 e. The van der Waals surface area contributed by atoms with E-state index in [1.54, 1.807) is 36.4 Å². The van der Waals surface area contributed by atoms with E-state index in [1.807, 2.05) is 19.0 Å². The van der Waals surface area contributed by atoms with Crippen LogP contribution in [0.2, 0.25) is 0 Å². The summed E-state index contributed by atoms with van der Waals surface area (Å²) in [5, 5.41) is 11.1. The molecule has 0 saturated carbocycles. The molecule has 0 spiro atoms. The molecule has 1 unspecified atom stereocenters. The summed E-state index contributed by atoms with van der Waals surface area (Å²) < 4.78 is 17.2. The first-order chi connectivity index (χ1) is 15.7. The highest BCUT2D eigenvalue weighted by Crippen LogP contribution is 2.45. The maximum Gasteiger partial charge on any atom is 0.295 e. The van der Waals surface area contributed by atoms with E-state index in [1.165, 1.54) is 26.2 Å². The first-order valence-corrected chi connectivity index (χ1v) is 11.0. The van der Waals surface area contributed by atoms with Gasteiger partial charge in [0.2, 0.25) is 5.75 Å². The molecular weight excluding hydrogens is 492 g/mol. The lowest BCUT2D eigenvalue weighted by Crippen LogP contribution is -2.35. The van der Waals surface area contributed by atoms with Crippen molar-refractivity contribution >= 4 is 33.4 Å². The topological polar surface area (TPSA) is 88.5 Å². The Kier molecular flexibility index (Phi) is 7.65. The van der Waals surface area contributed by atoms with E-state index < -0.39 is 17.7 Å². The van der Waals surface area contributed by atoms with Crippen LogP contribution in [0.5, 0.6) is 17.2 Å². The van der Waals surface area contributed by atoms with Crippen LogP contribution in [-0.2, 0) is 9.59 Å². The van der Waals surface area contributed by atoms with Gasteiger partial charge in [-0.2, -0.15) is 0 Å². The number of nitrogens with zero attached hydrogens (tertiary/aromatic N) is 2. The normalized spacial score (nSPS) is 17.5. The van der Waals surface area contributed by atoms with Gasteiger partial charge in [-0.15, -0.1) is 0 Å². The Balaban J connectivity index is 2.25. The predicted molar refractivity (Wildman–Crippen MR) is 128 cm³/mol. The lowest BCUT2D eigenvalue weighted by Gasteiger charge is -2.27. The van der Waals surface area contributed by atoms with Crippen molar-refractivity contribution in [2.24, 2.45) is 0 Å². The van der Waals surface area contributed by atoms with Gasteiger partial charge in [0.05, 0.1) is 32.9 Å². The van der Waals surface area contributed by atoms with Crippen molar-refractivity contribution in [3.63, 3.8) is 0 Å². The van der Waals surface area contributed by atoms with Crippen molar-refractivity contribution in [2.75, 3.05) is 48.5 Å². The monoisotopic (exact) mass is 518 g/mol. The number of methoxy groups -OCH3 is 3. The van der Waals surface area contributed by atoms with Crippen LogP contribution in [0.1, 0.15) is 17.2 Å². The van der Waals surface area contributed by atoms with E-state index in [0.29, 0.717) is 34.9 Å². The number of ketones is 1. The van der Waals surface area contributed by atoms with Crippen LogP contribution >= 0.6 is 15.9 Å². The largest absolute Gasteiger partial charge is 0.507 e. The SMILES string of the molecule is COc1cc(C2/C(=C(\O)c3ccc(Br)cc3)C(=O)C(=O)N2CCN(C)C)cc(OC)c1OC. The molecule has 0 bridgehead atoms. The maximum absolute atomic E-state index is 13.1. The summed E-state index contributed by atoms with van der Waals surface area (Å²) in [7, 11) is 8.24. The van der Waals surface area contributed by atoms with Crippen LogP contribution in [-0.4, -0.2) is 75.1 Å². The van der Waals surface area contributed by atoms with Crippen molar-refractivity contribution in [3.05, 3.63) is 57.6 Å². The summed E-state index contributed by atoms with van der Waals surface area (Å²) >= 11 is 3.37. The Bertz CT molecular complexity index is 1060. The lowest BCUT2D eigenvalue weighted by atomic mass is 9.94. The zero-order chi connectivity index (χ0) is 24.3. The molecule has 3 rings (SSSR count). The second-order valence-electron chi connectivity index (χ2n) is 7.76. The molecular formula is C24H27BrN2O6. The summed E-state index contributed by atoms with van der Waals surface area (Å²) in [5.41, 5.74) is 0.998. The standard InChI is InChI=1S/C24H27BrN2O6/c1-26(2)10-11-27-20(15-12-17(31-3)23(33-5)18(13-15)32-4)19(22(29)24(27)30)21(28)14-6-8-16(25)9-7-14/h6-9,12-13,20,28H,10-11H2,1-5H3/b21-19+. The highest BCUT2D eigenvalue weighted by Gasteiger charge is 2.46. The smallest absolute Gasteiger partial charge is 0.295 e. The van der Waals surface area contributed by atoms with Gasteiger partial charge in [-0.25, -0.2) is 0 Å². The molecule has 1 heterocycles. The summed E-state index contributed by atoms with van der Waals surface area (Å²) in [4.78, 5) is 29.6. The third kappa shape index (κ3) is 4.84. The molecule has 9 heteroatoms. The molecule has 1 N–H and O–H groups in total. The van der Waals surface area contributed by atoms with Gasteiger partial charge in [0.25, 0.3) is 11.7 Å². The Morgan fingerprint density at radius 2 is 1.61 bits per heavy atom. The fourth-order valence-corrected chi connectivity index (χ4v) is 4.05. The molecule has 1 atom stereocenters. The molecule has 1 aliphatic heterocycles.